The Morgan fingerprint density at radius 3 is 2.97 bits per heavy atom. The summed E-state index contributed by atoms with van der Waals surface area (Å²) in [6.45, 7) is 5.19. The van der Waals surface area contributed by atoms with Crippen molar-refractivity contribution in [1.29, 1.82) is 0 Å². The molecule has 2 heterocycles. The molecule has 1 atom stereocenters. The second kappa shape index (κ2) is 9.85. The van der Waals surface area contributed by atoms with Gasteiger partial charge in [0.1, 0.15) is 29.8 Å². The number of nitrogens with two attached hydrogens (primary N) is 1. The average molecular weight is 470 g/mol. The van der Waals surface area contributed by atoms with Gasteiger partial charge in [-0.3, -0.25) is 4.79 Å². The predicted octanol–water partition coefficient (Wildman–Crippen LogP) is 3.83. The van der Waals surface area contributed by atoms with Gasteiger partial charge in [0.25, 0.3) is 0 Å². The largest absolute Gasteiger partial charge is 0.437 e. The zero-order valence-electron chi connectivity index (χ0n) is 17.5. The minimum atomic E-state index is -0.607. The Kier molecular flexibility index (Phi) is 6.71. The monoisotopic (exact) mass is 469 g/mol. The van der Waals surface area contributed by atoms with Crippen molar-refractivity contribution in [2.75, 3.05) is 29.9 Å². The maximum Gasteiger partial charge on any atom is 0.248 e. The van der Waals surface area contributed by atoms with Crippen LogP contribution in [0, 0.1) is 5.82 Å². The van der Waals surface area contributed by atoms with E-state index in [1.807, 2.05) is 4.90 Å². The van der Waals surface area contributed by atoms with Crippen LogP contribution in [-0.4, -0.2) is 41.8 Å². The van der Waals surface area contributed by atoms with E-state index >= 15 is 0 Å². The third-order valence-electron chi connectivity index (χ3n) is 5.01. The minimum Gasteiger partial charge on any atom is -0.437 e. The molecule has 0 bridgehead atoms. The molecule has 170 valence electrons. The summed E-state index contributed by atoms with van der Waals surface area (Å²) in [4.78, 5) is 21.9. The molecule has 8 nitrogen and oxygen atoms in total. The molecule has 0 spiro atoms. The number of hydrogen-bond acceptors (Lipinski definition) is 7. The predicted molar refractivity (Wildman–Crippen MR) is 124 cm³/mol. The number of nitrogens with one attached hydrogen (secondary N) is 1. The van der Waals surface area contributed by atoms with Crippen LogP contribution in [0.5, 0.6) is 11.6 Å². The van der Waals surface area contributed by atoms with Crippen LogP contribution < -0.4 is 20.7 Å². The summed E-state index contributed by atoms with van der Waals surface area (Å²) < 4.78 is 25.2. The lowest BCUT2D eigenvalue weighted by Gasteiger charge is -2.35. The summed E-state index contributed by atoms with van der Waals surface area (Å²) in [5.74, 6) is -0.277. The zero-order valence-corrected chi connectivity index (χ0v) is 18.3. The SMILES string of the molecule is C=C(C(N)=O)c1cccc(Oc2ncncc2N2CCOC(Nc3ccc(F)c(Cl)c3)C2)c1. The topological polar surface area (TPSA) is 103 Å². The van der Waals surface area contributed by atoms with Crippen LogP contribution in [0.1, 0.15) is 5.56 Å². The maximum absolute atomic E-state index is 13.4. The summed E-state index contributed by atoms with van der Waals surface area (Å²) in [5, 5.41) is 3.23. The van der Waals surface area contributed by atoms with Crippen LogP contribution >= 0.6 is 11.6 Å². The Morgan fingerprint density at radius 2 is 2.18 bits per heavy atom. The highest BCUT2D eigenvalue weighted by atomic mass is 35.5. The van der Waals surface area contributed by atoms with Gasteiger partial charge in [-0.05, 0) is 35.9 Å². The van der Waals surface area contributed by atoms with Crippen LogP contribution in [0.3, 0.4) is 0 Å². The molecule has 2 aromatic carbocycles. The van der Waals surface area contributed by atoms with Crippen molar-refractivity contribution in [1.82, 2.24) is 9.97 Å². The molecule has 0 saturated carbocycles. The number of carbonyl (C=O) groups excluding carboxylic acids is 1. The Hall–Kier alpha value is -3.69. The molecule has 4 rings (SSSR count). The van der Waals surface area contributed by atoms with Crippen molar-refractivity contribution in [3.8, 4) is 11.6 Å². The first kappa shape index (κ1) is 22.5. The van der Waals surface area contributed by atoms with Crippen LogP contribution in [0.4, 0.5) is 15.8 Å². The highest BCUT2D eigenvalue weighted by Gasteiger charge is 2.24. The van der Waals surface area contributed by atoms with Crippen molar-refractivity contribution in [2.45, 2.75) is 6.23 Å². The second-order valence-electron chi connectivity index (χ2n) is 7.26. The number of hydrogen-bond donors (Lipinski definition) is 2. The van der Waals surface area contributed by atoms with Crippen LogP contribution in [0.15, 0.2) is 61.6 Å². The zero-order chi connectivity index (χ0) is 23.4. The van der Waals surface area contributed by atoms with E-state index in [9.17, 15) is 9.18 Å². The fraction of sp³-hybridized carbons (Fsp3) is 0.174. The Balaban J connectivity index is 1.51. The lowest BCUT2D eigenvalue weighted by atomic mass is 10.1. The van der Waals surface area contributed by atoms with Gasteiger partial charge in [0.2, 0.25) is 11.8 Å². The number of rotatable bonds is 7. The lowest BCUT2D eigenvalue weighted by Crippen LogP contribution is -2.46. The highest BCUT2D eigenvalue weighted by molar-refractivity contribution is 6.31. The summed E-state index contributed by atoms with van der Waals surface area (Å²) >= 11 is 5.87. The third-order valence-corrected chi connectivity index (χ3v) is 5.30. The molecule has 0 radical (unpaired) electrons. The molecule has 1 fully saturated rings. The molecule has 1 aliphatic heterocycles. The van der Waals surface area contributed by atoms with Crippen LogP contribution in [-0.2, 0) is 9.53 Å². The first-order valence-corrected chi connectivity index (χ1v) is 10.4. The number of aromatic nitrogens is 2. The van der Waals surface area contributed by atoms with Crippen molar-refractivity contribution in [3.63, 3.8) is 0 Å². The molecule has 3 N–H and O–H groups in total. The number of carbonyl (C=O) groups is 1. The number of morpholine rings is 1. The van der Waals surface area contributed by atoms with E-state index in [-0.39, 0.29) is 16.8 Å². The summed E-state index contributed by atoms with van der Waals surface area (Å²) in [6.07, 6.45) is 2.67. The second-order valence-corrected chi connectivity index (χ2v) is 7.67. The van der Waals surface area contributed by atoms with Crippen LogP contribution in [0.25, 0.3) is 5.57 Å². The van der Waals surface area contributed by atoms with E-state index in [1.165, 1.54) is 18.5 Å². The third kappa shape index (κ3) is 5.39. The number of benzene rings is 2. The molecule has 1 aliphatic rings. The smallest absolute Gasteiger partial charge is 0.248 e. The van der Waals surface area contributed by atoms with Gasteiger partial charge >= 0.3 is 0 Å². The number of ether oxygens (including phenoxy) is 2. The van der Waals surface area contributed by atoms with Crippen molar-refractivity contribution in [3.05, 3.63) is 78.0 Å². The summed E-state index contributed by atoms with van der Waals surface area (Å²) in [6, 6.07) is 11.3. The van der Waals surface area contributed by atoms with Gasteiger partial charge in [0.15, 0.2) is 0 Å². The van der Waals surface area contributed by atoms with E-state index in [4.69, 9.17) is 26.8 Å². The Labute approximate surface area is 194 Å². The number of nitrogens with zero attached hydrogens (tertiary/aromatic N) is 3. The number of amides is 1. The number of primary amides is 1. The molecule has 10 heteroatoms. The van der Waals surface area contributed by atoms with Crippen LogP contribution in [0.2, 0.25) is 5.02 Å². The fourth-order valence-electron chi connectivity index (χ4n) is 3.34. The Morgan fingerprint density at radius 1 is 1.33 bits per heavy atom. The first-order chi connectivity index (χ1) is 15.9. The number of anilines is 2. The molecule has 3 aromatic rings. The number of halogens is 2. The molecule has 1 amide bonds. The van der Waals surface area contributed by atoms with Gasteiger partial charge in [0, 0.05) is 17.8 Å². The molecular weight excluding hydrogens is 449 g/mol. The van der Waals surface area contributed by atoms with Gasteiger partial charge in [-0.2, -0.15) is 4.98 Å². The standard InChI is InChI=1S/C23H21ClFN5O3/c1-14(22(26)31)15-3-2-4-17(9-15)33-23-20(11-27-13-28-23)30-7-8-32-21(12-30)29-16-5-6-19(25)18(24)10-16/h2-6,9-11,13,21,29H,1,7-8,12H2,(H2,26,31). The normalized spacial score (nSPS) is 15.7. The molecular formula is C23H21ClFN5O3. The van der Waals surface area contributed by atoms with E-state index in [1.54, 1.807) is 36.5 Å². The maximum atomic E-state index is 13.4. The highest BCUT2D eigenvalue weighted by Crippen LogP contribution is 2.32. The van der Waals surface area contributed by atoms with Crippen molar-refractivity contribution >= 4 is 34.5 Å². The first-order valence-electron chi connectivity index (χ1n) is 10.1. The quantitative estimate of drug-likeness (QED) is 0.507. The van der Waals surface area contributed by atoms with E-state index in [0.29, 0.717) is 48.3 Å². The minimum absolute atomic E-state index is 0.0288. The summed E-state index contributed by atoms with van der Waals surface area (Å²) in [7, 11) is 0. The molecule has 1 aromatic heterocycles. The van der Waals surface area contributed by atoms with Gasteiger partial charge < -0.3 is 25.4 Å². The molecule has 0 aliphatic carbocycles. The molecule has 1 unspecified atom stereocenters. The molecule has 33 heavy (non-hydrogen) atoms. The average Bonchev–Trinajstić information content (AvgIpc) is 2.81. The lowest BCUT2D eigenvalue weighted by molar-refractivity contribution is -0.112. The van der Waals surface area contributed by atoms with Gasteiger partial charge in [-0.15, -0.1) is 0 Å². The summed E-state index contributed by atoms with van der Waals surface area (Å²) in [5.41, 5.74) is 7.38. The van der Waals surface area contributed by atoms with Crippen molar-refractivity contribution < 1.29 is 18.7 Å². The Bertz CT molecular complexity index is 1190. The van der Waals surface area contributed by atoms with E-state index in [0.717, 1.165) is 0 Å². The van der Waals surface area contributed by atoms with E-state index < -0.39 is 11.7 Å². The van der Waals surface area contributed by atoms with Gasteiger partial charge in [0.05, 0.1) is 24.4 Å². The fourth-order valence-corrected chi connectivity index (χ4v) is 3.52. The molecule has 1 saturated heterocycles. The van der Waals surface area contributed by atoms with Gasteiger partial charge in [-0.1, -0.05) is 30.3 Å². The van der Waals surface area contributed by atoms with Crippen molar-refractivity contribution in [2.24, 2.45) is 5.73 Å². The van der Waals surface area contributed by atoms with E-state index in [2.05, 4.69) is 21.9 Å². The van der Waals surface area contributed by atoms with Gasteiger partial charge in [-0.25, -0.2) is 9.37 Å².